The molecule has 0 aromatic rings. The molecule has 88 valence electrons. The van der Waals surface area contributed by atoms with E-state index >= 15 is 0 Å². The smallest absolute Gasteiger partial charge is 0.0431 e. The lowest BCUT2D eigenvalue weighted by Crippen LogP contribution is -1.82. The van der Waals surface area contributed by atoms with E-state index in [1.54, 1.807) is 0 Å². The number of hydrogen-bond acceptors (Lipinski definition) is 1. The summed E-state index contributed by atoms with van der Waals surface area (Å²) >= 11 is 0. The molecule has 0 heterocycles. The fourth-order valence-electron chi connectivity index (χ4n) is 1.40. The molecular weight excluding hydrogens is 184 g/mol. The van der Waals surface area contributed by atoms with E-state index in [1.165, 1.54) is 38.5 Å². The van der Waals surface area contributed by atoms with Gasteiger partial charge in [0.25, 0.3) is 0 Å². The predicted molar refractivity (Wildman–Crippen MR) is 68.0 cm³/mol. The van der Waals surface area contributed by atoms with Crippen LogP contribution in [0, 0.1) is 0 Å². The SMILES string of the molecule is CCCC/C=C/C=C/CCCCCCO. The first-order valence-corrected chi connectivity index (χ1v) is 6.34. The van der Waals surface area contributed by atoms with Crippen molar-refractivity contribution in [2.24, 2.45) is 0 Å². The Morgan fingerprint density at radius 2 is 1.40 bits per heavy atom. The van der Waals surface area contributed by atoms with Crippen LogP contribution in [0.4, 0.5) is 0 Å². The Labute approximate surface area is 94.9 Å². The minimum atomic E-state index is 0.343. The molecule has 0 rings (SSSR count). The predicted octanol–water partition coefficient (Wildman–Crippen LogP) is 4.23. The Hall–Kier alpha value is -0.560. The average molecular weight is 210 g/mol. The van der Waals surface area contributed by atoms with Gasteiger partial charge in [-0.25, -0.2) is 0 Å². The third-order valence-electron chi connectivity index (χ3n) is 2.39. The van der Waals surface area contributed by atoms with Crippen LogP contribution in [0.5, 0.6) is 0 Å². The van der Waals surface area contributed by atoms with E-state index in [2.05, 4.69) is 31.2 Å². The molecule has 0 saturated heterocycles. The second kappa shape index (κ2) is 13.4. The number of allylic oxidation sites excluding steroid dienone is 4. The van der Waals surface area contributed by atoms with E-state index in [4.69, 9.17) is 5.11 Å². The van der Waals surface area contributed by atoms with Crippen LogP contribution < -0.4 is 0 Å². The maximum absolute atomic E-state index is 8.59. The highest BCUT2D eigenvalue weighted by Gasteiger charge is 1.86. The second-order valence-electron chi connectivity index (χ2n) is 3.93. The third-order valence-corrected chi connectivity index (χ3v) is 2.39. The maximum atomic E-state index is 8.59. The molecule has 0 atom stereocenters. The van der Waals surface area contributed by atoms with E-state index in [-0.39, 0.29) is 0 Å². The molecule has 0 aliphatic carbocycles. The fourth-order valence-corrected chi connectivity index (χ4v) is 1.40. The summed E-state index contributed by atoms with van der Waals surface area (Å²) in [4.78, 5) is 0. The molecule has 0 amide bonds. The minimum Gasteiger partial charge on any atom is -0.396 e. The number of aliphatic hydroxyl groups excluding tert-OH is 1. The van der Waals surface area contributed by atoms with Crippen LogP contribution in [-0.2, 0) is 0 Å². The summed E-state index contributed by atoms with van der Waals surface area (Å²) in [7, 11) is 0. The lowest BCUT2D eigenvalue weighted by Gasteiger charge is -1.95. The first-order valence-electron chi connectivity index (χ1n) is 6.34. The quantitative estimate of drug-likeness (QED) is 0.422. The molecule has 15 heavy (non-hydrogen) atoms. The summed E-state index contributed by atoms with van der Waals surface area (Å²) in [5.41, 5.74) is 0. The molecule has 0 unspecified atom stereocenters. The molecule has 0 bridgehead atoms. The number of aliphatic hydroxyl groups is 1. The lowest BCUT2D eigenvalue weighted by molar-refractivity contribution is 0.282. The van der Waals surface area contributed by atoms with Crippen LogP contribution >= 0.6 is 0 Å². The normalized spacial score (nSPS) is 11.9. The van der Waals surface area contributed by atoms with Crippen LogP contribution in [0.1, 0.15) is 58.3 Å². The van der Waals surface area contributed by atoms with E-state index in [0.717, 1.165) is 12.8 Å². The third kappa shape index (κ3) is 13.4. The monoisotopic (exact) mass is 210 g/mol. The Balaban J connectivity index is 3.13. The van der Waals surface area contributed by atoms with Crippen LogP contribution in [0.25, 0.3) is 0 Å². The largest absolute Gasteiger partial charge is 0.396 e. The van der Waals surface area contributed by atoms with Gasteiger partial charge in [0.05, 0.1) is 0 Å². The molecule has 0 fully saturated rings. The zero-order valence-electron chi connectivity index (χ0n) is 10.1. The van der Waals surface area contributed by atoms with Crippen molar-refractivity contribution in [1.29, 1.82) is 0 Å². The van der Waals surface area contributed by atoms with E-state index in [1.807, 2.05) is 0 Å². The first-order chi connectivity index (χ1) is 7.41. The summed E-state index contributed by atoms with van der Waals surface area (Å²) < 4.78 is 0. The van der Waals surface area contributed by atoms with Gasteiger partial charge in [-0.3, -0.25) is 0 Å². The molecule has 1 heteroatoms. The molecule has 0 aliphatic heterocycles. The number of hydrogen-bond donors (Lipinski definition) is 1. The van der Waals surface area contributed by atoms with Gasteiger partial charge in [0.1, 0.15) is 0 Å². The van der Waals surface area contributed by atoms with Crippen LogP contribution in [-0.4, -0.2) is 11.7 Å². The van der Waals surface area contributed by atoms with Gasteiger partial charge in [0, 0.05) is 6.61 Å². The number of unbranched alkanes of at least 4 members (excludes halogenated alkanes) is 6. The molecule has 0 spiro atoms. The van der Waals surface area contributed by atoms with Crippen molar-refractivity contribution >= 4 is 0 Å². The van der Waals surface area contributed by atoms with Crippen molar-refractivity contribution in [2.75, 3.05) is 6.61 Å². The molecule has 1 nitrogen and oxygen atoms in total. The summed E-state index contributed by atoms with van der Waals surface area (Å²) in [5, 5.41) is 8.59. The van der Waals surface area contributed by atoms with E-state index in [0.29, 0.717) is 6.61 Å². The molecule has 1 N–H and O–H groups in total. The molecule has 0 saturated carbocycles. The highest BCUT2D eigenvalue weighted by molar-refractivity contribution is 5.02. The molecule has 0 aromatic carbocycles. The number of rotatable bonds is 10. The fraction of sp³-hybridized carbons (Fsp3) is 0.714. The Bertz CT molecular complexity index is 159. The summed E-state index contributed by atoms with van der Waals surface area (Å²) in [6, 6.07) is 0. The van der Waals surface area contributed by atoms with Gasteiger partial charge in [-0.15, -0.1) is 0 Å². The zero-order valence-corrected chi connectivity index (χ0v) is 10.1. The summed E-state index contributed by atoms with van der Waals surface area (Å²) in [6.45, 7) is 2.56. The van der Waals surface area contributed by atoms with Crippen molar-refractivity contribution in [3.05, 3.63) is 24.3 Å². The van der Waals surface area contributed by atoms with Gasteiger partial charge in [-0.1, -0.05) is 56.9 Å². The lowest BCUT2D eigenvalue weighted by atomic mass is 10.1. The maximum Gasteiger partial charge on any atom is 0.0431 e. The van der Waals surface area contributed by atoms with Crippen molar-refractivity contribution in [1.82, 2.24) is 0 Å². The van der Waals surface area contributed by atoms with Gasteiger partial charge >= 0.3 is 0 Å². The zero-order chi connectivity index (χ0) is 11.2. The van der Waals surface area contributed by atoms with Gasteiger partial charge < -0.3 is 5.11 Å². The highest BCUT2D eigenvalue weighted by atomic mass is 16.2. The molecule has 0 radical (unpaired) electrons. The highest BCUT2D eigenvalue weighted by Crippen LogP contribution is 2.03. The Kier molecular flexibility index (Phi) is 12.9. The van der Waals surface area contributed by atoms with Gasteiger partial charge in [0.2, 0.25) is 0 Å². The van der Waals surface area contributed by atoms with E-state index in [9.17, 15) is 0 Å². The Morgan fingerprint density at radius 1 is 0.800 bits per heavy atom. The van der Waals surface area contributed by atoms with Crippen molar-refractivity contribution < 1.29 is 5.11 Å². The minimum absolute atomic E-state index is 0.343. The van der Waals surface area contributed by atoms with Gasteiger partial charge in [-0.2, -0.15) is 0 Å². The summed E-state index contributed by atoms with van der Waals surface area (Å²) in [5.74, 6) is 0. The van der Waals surface area contributed by atoms with Gasteiger partial charge in [0.15, 0.2) is 0 Å². The van der Waals surface area contributed by atoms with Crippen LogP contribution in [0.15, 0.2) is 24.3 Å². The van der Waals surface area contributed by atoms with Crippen molar-refractivity contribution in [3.8, 4) is 0 Å². The van der Waals surface area contributed by atoms with Crippen molar-refractivity contribution in [3.63, 3.8) is 0 Å². The topological polar surface area (TPSA) is 20.2 Å². The van der Waals surface area contributed by atoms with Gasteiger partial charge in [-0.05, 0) is 25.7 Å². The molecular formula is C14H26O. The Morgan fingerprint density at radius 3 is 2.00 bits per heavy atom. The average Bonchev–Trinajstić information content (AvgIpc) is 2.26. The first kappa shape index (κ1) is 14.4. The van der Waals surface area contributed by atoms with E-state index < -0.39 is 0 Å². The van der Waals surface area contributed by atoms with Crippen molar-refractivity contribution in [2.45, 2.75) is 58.3 Å². The standard InChI is InChI=1S/C14H26O/c1-2-3-4-5-6-7-8-9-10-11-12-13-14-15/h5-8,15H,2-4,9-14H2,1H3/b6-5+,8-7+. The van der Waals surface area contributed by atoms with Crippen LogP contribution in [0.3, 0.4) is 0 Å². The second-order valence-corrected chi connectivity index (χ2v) is 3.93. The summed E-state index contributed by atoms with van der Waals surface area (Å²) in [6.07, 6.45) is 18.4. The molecule has 0 aliphatic rings. The van der Waals surface area contributed by atoms with Crippen LogP contribution in [0.2, 0.25) is 0 Å². The molecule has 0 aromatic heterocycles.